The zero-order valence-corrected chi connectivity index (χ0v) is 17.1. The smallest absolute Gasteiger partial charge is 0.231 e. The number of anilines is 1. The molecule has 1 fully saturated rings. The number of aromatic nitrogens is 1. The van der Waals surface area contributed by atoms with Gasteiger partial charge in [0.2, 0.25) is 15.9 Å². The molecule has 0 atom stereocenters. The molecule has 1 N–H and O–H groups in total. The van der Waals surface area contributed by atoms with Crippen molar-refractivity contribution in [3.05, 3.63) is 45.9 Å². The van der Waals surface area contributed by atoms with Crippen LogP contribution in [0.5, 0.6) is 0 Å². The van der Waals surface area contributed by atoms with Crippen molar-refractivity contribution in [2.75, 3.05) is 37.8 Å². The summed E-state index contributed by atoms with van der Waals surface area (Å²) in [6.45, 7) is 5.07. The largest absolute Gasteiger partial charge is 0.326 e. The topological polar surface area (TPSA) is 82.6 Å². The number of hydrogen-bond acceptors (Lipinski definition) is 6. The molecule has 0 spiro atoms. The molecule has 2 aromatic rings. The Hall–Kier alpha value is -1.81. The van der Waals surface area contributed by atoms with Crippen LogP contribution in [-0.4, -0.2) is 60.9 Å². The molecule has 1 aliphatic rings. The van der Waals surface area contributed by atoms with Crippen LogP contribution in [0.1, 0.15) is 16.3 Å². The van der Waals surface area contributed by atoms with E-state index in [1.165, 1.54) is 21.9 Å². The molecule has 0 bridgehead atoms. The number of aryl methyl sites for hydroxylation is 1. The number of hydrogen-bond donors (Lipinski definition) is 1. The van der Waals surface area contributed by atoms with Gasteiger partial charge in [-0.2, -0.15) is 4.31 Å². The SMILES string of the molecule is Cc1ccc(NC(=O)Cc2nc(CN3CCN(S(C)(=O)=O)CC3)cs2)cc1. The molecule has 1 aromatic carbocycles. The van der Waals surface area contributed by atoms with Crippen LogP contribution in [0.15, 0.2) is 29.6 Å². The summed E-state index contributed by atoms with van der Waals surface area (Å²) in [6.07, 6.45) is 1.50. The van der Waals surface area contributed by atoms with Crippen LogP contribution in [-0.2, 0) is 27.8 Å². The first kappa shape index (κ1) is 19.9. The molecule has 1 aromatic heterocycles. The van der Waals surface area contributed by atoms with Crippen LogP contribution in [0.3, 0.4) is 0 Å². The fourth-order valence-corrected chi connectivity index (χ4v) is 4.54. The van der Waals surface area contributed by atoms with Crippen LogP contribution in [0.2, 0.25) is 0 Å². The molecule has 146 valence electrons. The maximum atomic E-state index is 12.2. The van der Waals surface area contributed by atoms with E-state index in [0.717, 1.165) is 22.0 Å². The fraction of sp³-hybridized carbons (Fsp3) is 0.444. The maximum Gasteiger partial charge on any atom is 0.231 e. The van der Waals surface area contributed by atoms with E-state index in [4.69, 9.17) is 0 Å². The van der Waals surface area contributed by atoms with Crippen LogP contribution >= 0.6 is 11.3 Å². The second-order valence-electron chi connectivity index (χ2n) is 6.76. The Labute approximate surface area is 164 Å². The van der Waals surface area contributed by atoms with Gasteiger partial charge in [-0.25, -0.2) is 13.4 Å². The molecule has 0 unspecified atom stereocenters. The minimum Gasteiger partial charge on any atom is -0.326 e. The van der Waals surface area contributed by atoms with Gasteiger partial charge < -0.3 is 5.32 Å². The summed E-state index contributed by atoms with van der Waals surface area (Å²) < 4.78 is 24.6. The molecule has 1 aliphatic heterocycles. The number of thiazole rings is 1. The van der Waals surface area contributed by atoms with Gasteiger partial charge in [0.05, 0.1) is 18.4 Å². The fourth-order valence-electron chi connectivity index (χ4n) is 2.93. The predicted octanol–water partition coefficient (Wildman–Crippen LogP) is 1.71. The summed E-state index contributed by atoms with van der Waals surface area (Å²) in [7, 11) is -3.11. The van der Waals surface area contributed by atoms with E-state index < -0.39 is 10.0 Å². The van der Waals surface area contributed by atoms with E-state index in [1.807, 2.05) is 36.6 Å². The lowest BCUT2D eigenvalue weighted by molar-refractivity contribution is -0.115. The molecule has 7 nitrogen and oxygen atoms in total. The van der Waals surface area contributed by atoms with E-state index in [1.54, 1.807) is 0 Å². The number of carbonyl (C=O) groups excluding carboxylic acids is 1. The third-order valence-corrected chi connectivity index (χ3v) is 6.63. The first-order chi connectivity index (χ1) is 12.8. The Morgan fingerprint density at radius 3 is 2.48 bits per heavy atom. The van der Waals surface area contributed by atoms with Crippen molar-refractivity contribution in [3.63, 3.8) is 0 Å². The quantitative estimate of drug-likeness (QED) is 0.787. The van der Waals surface area contributed by atoms with Crippen molar-refractivity contribution in [1.82, 2.24) is 14.2 Å². The minimum atomic E-state index is -3.11. The molecule has 0 radical (unpaired) electrons. The average Bonchev–Trinajstić information content (AvgIpc) is 3.03. The number of sulfonamides is 1. The van der Waals surface area contributed by atoms with Crippen LogP contribution in [0.4, 0.5) is 5.69 Å². The maximum absolute atomic E-state index is 12.2. The Balaban J connectivity index is 1.48. The normalized spacial score (nSPS) is 16.4. The van der Waals surface area contributed by atoms with E-state index in [-0.39, 0.29) is 12.3 Å². The second-order valence-corrected chi connectivity index (χ2v) is 9.69. The van der Waals surface area contributed by atoms with E-state index >= 15 is 0 Å². The average molecular weight is 409 g/mol. The van der Waals surface area contributed by atoms with Gasteiger partial charge in [-0.3, -0.25) is 9.69 Å². The number of rotatable bonds is 6. The van der Waals surface area contributed by atoms with Gasteiger partial charge >= 0.3 is 0 Å². The number of nitrogens with zero attached hydrogens (tertiary/aromatic N) is 3. The lowest BCUT2D eigenvalue weighted by atomic mass is 10.2. The summed E-state index contributed by atoms with van der Waals surface area (Å²) in [5.41, 5.74) is 2.85. The number of piperazine rings is 1. The van der Waals surface area contributed by atoms with Crippen LogP contribution in [0, 0.1) is 6.92 Å². The third kappa shape index (κ3) is 5.83. The Kier molecular flexibility index (Phi) is 6.25. The zero-order chi connectivity index (χ0) is 19.4. The van der Waals surface area contributed by atoms with Gasteiger partial charge in [0.1, 0.15) is 5.01 Å². The highest BCUT2D eigenvalue weighted by Crippen LogP contribution is 2.16. The molecule has 1 saturated heterocycles. The Bertz CT molecular complexity index is 886. The second kappa shape index (κ2) is 8.47. The van der Waals surface area contributed by atoms with Gasteiger partial charge in [0, 0.05) is 43.8 Å². The number of benzene rings is 1. The van der Waals surface area contributed by atoms with Crippen molar-refractivity contribution in [2.24, 2.45) is 0 Å². The molecule has 0 aliphatic carbocycles. The van der Waals surface area contributed by atoms with Gasteiger partial charge in [-0.15, -0.1) is 11.3 Å². The van der Waals surface area contributed by atoms with Crippen molar-refractivity contribution in [1.29, 1.82) is 0 Å². The molecule has 3 rings (SSSR count). The highest BCUT2D eigenvalue weighted by atomic mass is 32.2. The summed E-state index contributed by atoms with van der Waals surface area (Å²) in [6, 6.07) is 7.69. The predicted molar refractivity (Wildman–Crippen MR) is 107 cm³/mol. The third-order valence-electron chi connectivity index (χ3n) is 4.43. The molecule has 27 heavy (non-hydrogen) atoms. The highest BCUT2D eigenvalue weighted by molar-refractivity contribution is 7.88. The number of nitrogens with one attached hydrogen (secondary N) is 1. The van der Waals surface area contributed by atoms with Crippen molar-refractivity contribution in [3.8, 4) is 0 Å². The summed E-state index contributed by atoms with van der Waals surface area (Å²) in [5, 5.41) is 5.63. The first-order valence-corrected chi connectivity index (χ1v) is 11.5. The molecule has 2 heterocycles. The molecule has 0 saturated carbocycles. The van der Waals surface area contributed by atoms with Gasteiger partial charge in [0.15, 0.2) is 0 Å². The number of amides is 1. The minimum absolute atomic E-state index is 0.0819. The lowest BCUT2D eigenvalue weighted by Gasteiger charge is -2.32. The van der Waals surface area contributed by atoms with Crippen molar-refractivity contribution < 1.29 is 13.2 Å². The number of carbonyl (C=O) groups is 1. The standard InChI is InChI=1S/C18H24N4O3S2/c1-14-3-5-15(6-4-14)19-17(23)11-18-20-16(13-26-18)12-21-7-9-22(10-8-21)27(2,24)25/h3-6,13H,7-12H2,1-2H3,(H,19,23). The molecular formula is C18H24N4O3S2. The summed E-state index contributed by atoms with van der Waals surface area (Å²) in [4.78, 5) is 18.9. The first-order valence-electron chi connectivity index (χ1n) is 8.77. The Morgan fingerprint density at radius 2 is 1.85 bits per heavy atom. The van der Waals surface area contributed by atoms with Crippen LogP contribution < -0.4 is 5.32 Å². The summed E-state index contributed by atoms with van der Waals surface area (Å²) in [5.74, 6) is -0.0819. The van der Waals surface area contributed by atoms with E-state index in [0.29, 0.717) is 32.7 Å². The van der Waals surface area contributed by atoms with Gasteiger partial charge in [-0.05, 0) is 19.1 Å². The molecule has 1 amide bonds. The summed E-state index contributed by atoms with van der Waals surface area (Å²) >= 11 is 1.48. The monoisotopic (exact) mass is 408 g/mol. The zero-order valence-electron chi connectivity index (χ0n) is 15.5. The molecular weight excluding hydrogens is 384 g/mol. The van der Waals surface area contributed by atoms with Gasteiger partial charge in [0.25, 0.3) is 0 Å². The Morgan fingerprint density at radius 1 is 1.19 bits per heavy atom. The highest BCUT2D eigenvalue weighted by Gasteiger charge is 2.23. The van der Waals surface area contributed by atoms with Crippen molar-refractivity contribution in [2.45, 2.75) is 19.9 Å². The van der Waals surface area contributed by atoms with E-state index in [9.17, 15) is 13.2 Å². The molecule has 9 heteroatoms. The van der Waals surface area contributed by atoms with Crippen LogP contribution in [0.25, 0.3) is 0 Å². The van der Waals surface area contributed by atoms with Crippen molar-refractivity contribution >= 4 is 33.0 Å². The lowest BCUT2D eigenvalue weighted by Crippen LogP contribution is -2.47. The van der Waals surface area contributed by atoms with E-state index in [2.05, 4.69) is 15.2 Å². The van der Waals surface area contributed by atoms with Gasteiger partial charge in [-0.1, -0.05) is 17.7 Å².